The maximum absolute atomic E-state index is 11.9. The molecule has 2 rings (SSSR count). The predicted octanol–water partition coefficient (Wildman–Crippen LogP) is 3.78. The van der Waals surface area contributed by atoms with Crippen molar-refractivity contribution in [3.8, 4) is 11.5 Å². The molecule has 0 fully saturated rings. The first kappa shape index (κ1) is 13.1. The number of halogens is 1. The molecule has 0 radical (unpaired) electrons. The Labute approximate surface area is 117 Å². The van der Waals surface area contributed by atoms with E-state index in [1.807, 2.05) is 23.6 Å². The average Bonchev–Trinajstić information content (AvgIpc) is 2.82. The molecule has 94 valence electrons. The van der Waals surface area contributed by atoms with Crippen molar-refractivity contribution in [1.82, 2.24) is 0 Å². The van der Waals surface area contributed by atoms with Crippen LogP contribution in [-0.4, -0.2) is 19.5 Å². The number of hydrogen-bond acceptors (Lipinski definition) is 4. The molecular formula is C13H11BrO3S. The number of Topliss-reactive ketones (excluding diaryl/α,β-unsaturated/α-hetero) is 1. The van der Waals surface area contributed by atoms with Crippen molar-refractivity contribution < 1.29 is 14.3 Å². The summed E-state index contributed by atoms with van der Waals surface area (Å²) in [4.78, 5) is 12.6. The zero-order valence-corrected chi connectivity index (χ0v) is 12.1. The molecule has 0 saturated heterocycles. The molecule has 2 aromatic rings. The van der Waals surface area contributed by atoms with Crippen molar-refractivity contribution >= 4 is 33.0 Å². The SMILES string of the molecule is COc1ccccc1OCC(=O)c1sccc1Br. The molecule has 0 saturated carbocycles. The van der Waals surface area contributed by atoms with Gasteiger partial charge in [0.15, 0.2) is 18.1 Å². The fourth-order valence-electron chi connectivity index (χ4n) is 1.44. The molecule has 0 amide bonds. The van der Waals surface area contributed by atoms with E-state index < -0.39 is 0 Å². The molecule has 0 bridgehead atoms. The van der Waals surface area contributed by atoms with Gasteiger partial charge in [-0.15, -0.1) is 11.3 Å². The molecule has 5 heteroatoms. The molecule has 0 aliphatic heterocycles. The summed E-state index contributed by atoms with van der Waals surface area (Å²) in [5, 5.41) is 1.86. The number of hydrogen-bond donors (Lipinski definition) is 0. The third-order valence-electron chi connectivity index (χ3n) is 2.30. The van der Waals surface area contributed by atoms with Gasteiger partial charge in [0.2, 0.25) is 5.78 Å². The van der Waals surface area contributed by atoms with Crippen LogP contribution >= 0.6 is 27.3 Å². The van der Waals surface area contributed by atoms with E-state index in [4.69, 9.17) is 9.47 Å². The van der Waals surface area contributed by atoms with Crippen LogP contribution < -0.4 is 9.47 Å². The van der Waals surface area contributed by atoms with E-state index in [1.165, 1.54) is 11.3 Å². The van der Waals surface area contributed by atoms with Gasteiger partial charge in [-0.3, -0.25) is 4.79 Å². The number of carbonyl (C=O) groups is 1. The Kier molecular flexibility index (Phi) is 4.38. The molecule has 1 heterocycles. The second-order valence-corrected chi connectivity index (χ2v) is 5.23. The lowest BCUT2D eigenvalue weighted by Gasteiger charge is -2.09. The van der Waals surface area contributed by atoms with Gasteiger partial charge in [-0.25, -0.2) is 0 Å². The molecule has 0 unspecified atom stereocenters. The van der Waals surface area contributed by atoms with Gasteiger partial charge in [-0.1, -0.05) is 12.1 Å². The summed E-state index contributed by atoms with van der Waals surface area (Å²) in [6, 6.07) is 9.10. The van der Waals surface area contributed by atoms with Gasteiger partial charge in [-0.2, -0.15) is 0 Å². The molecular weight excluding hydrogens is 316 g/mol. The monoisotopic (exact) mass is 326 g/mol. The van der Waals surface area contributed by atoms with E-state index >= 15 is 0 Å². The largest absolute Gasteiger partial charge is 0.493 e. The standard InChI is InChI=1S/C13H11BrO3S/c1-16-11-4-2-3-5-12(11)17-8-10(15)13-9(14)6-7-18-13/h2-7H,8H2,1H3. The second-order valence-electron chi connectivity index (χ2n) is 3.46. The molecule has 0 spiro atoms. The molecule has 0 aliphatic rings. The number of carbonyl (C=O) groups excluding carboxylic acids is 1. The van der Waals surface area contributed by atoms with Crippen LogP contribution in [0.3, 0.4) is 0 Å². The fourth-order valence-corrected chi connectivity index (χ4v) is 2.96. The smallest absolute Gasteiger partial charge is 0.211 e. The van der Waals surface area contributed by atoms with Crippen molar-refractivity contribution in [3.63, 3.8) is 0 Å². The van der Waals surface area contributed by atoms with Gasteiger partial charge in [0.05, 0.1) is 12.0 Å². The highest BCUT2D eigenvalue weighted by Crippen LogP contribution is 2.27. The first-order valence-corrected chi connectivity index (χ1v) is 6.91. The van der Waals surface area contributed by atoms with Crippen LogP contribution in [0.15, 0.2) is 40.2 Å². The third-order valence-corrected chi connectivity index (χ3v) is 4.18. The fraction of sp³-hybridized carbons (Fsp3) is 0.154. The van der Waals surface area contributed by atoms with E-state index in [1.54, 1.807) is 19.2 Å². The van der Waals surface area contributed by atoms with Crippen LogP contribution in [0.2, 0.25) is 0 Å². The van der Waals surface area contributed by atoms with Gasteiger partial charge in [0.1, 0.15) is 0 Å². The molecule has 3 nitrogen and oxygen atoms in total. The Hall–Kier alpha value is -1.33. The summed E-state index contributed by atoms with van der Waals surface area (Å²) < 4.78 is 11.4. The molecule has 0 atom stereocenters. The van der Waals surface area contributed by atoms with Crippen LogP contribution in [0.5, 0.6) is 11.5 Å². The van der Waals surface area contributed by atoms with Crippen LogP contribution in [0.4, 0.5) is 0 Å². The van der Waals surface area contributed by atoms with E-state index in [2.05, 4.69) is 15.9 Å². The molecule has 18 heavy (non-hydrogen) atoms. The van der Waals surface area contributed by atoms with Crippen LogP contribution in [-0.2, 0) is 0 Å². The number of para-hydroxylation sites is 2. The first-order chi connectivity index (χ1) is 8.72. The van der Waals surface area contributed by atoms with Gasteiger partial charge >= 0.3 is 0 Å². The van der Waals surface area contributed by atoms with Crippen molar-refractivity contribution in [1.29, 1.82) is 0 Å². The average molecular weight is 327 g/mol. The number of methoxy groups -OCH3 is 1. The summed E-state index contributed by atoms with van der Waals surface area (Å²) in [7, 11) is 1.57. The van der Waals surface area contributed by atoms with Crippen molar-refractivity contribution in [2.45, 2.75) is 0 Å². The van der Waals surface area contributed by atoms with Gasteiger partial charge in [0, 0.05) is 4.47 Å². The molecule has 0 aliphatic carbocycles. The quantitative estimate of drug-likeness (QED) is 0.784. The minimum absolute atomic E-state index is 0.000509. The normalized spacial score (nSPS) is 10.1. The van der Waals surface area contributed by atoms with Crippen molar-refractivity contribution in [3.05, 3.63) is 45.1 Å². The van der Waals surface area contributed by atoms with Gasteiger partial charge < -0.3 is 9.47 Å². The lowest BCUT2D eigenvalue weighted by molar-refractivity contribution is 0.0923. The summed E-state index contributed by atoms with van der Waals surface area (Å²) in [5.41, 5.74) is 0. The summed E-state index contributed by atoms with van der Waals surface area (Å²) >= 11 is 4.73. The highest BCUT2D eigenvalue weighted by atomic mass is 79.9. The molecule has 0 N–H and O–H groups in total. The first-order valence-electron chi connectivity index (χ1n) is 5.24. The van der Waals surface area contributed by atoms with Gasteiger partial charge in [-0.05, 0) is 39.5 Å². The molecule has 1 aromatic heterocycles. The Morgan fingerprint density at radius 3 is 2.61 bits per heavy atom. The highest BCUT2D eigenvalue weighted by Gasteiger charge is 2.13. The number of ketones is 1. The van der Waals surface area contributed by atoms with Crippen LogP contribution in [0, 0.1) is 0 Å². The number of ether oxygens (including phenoxy) is 2. The minimum atomic E-state index is -0.0530. The Bertz CT molecular complexity index is 551. The Balaban J connectivity index is 2.04. The summed E-state index contributed by atoms with van der Waals surface area (Å²) in [6.45, 7) is -0.000509. The lowest BCUT2D eigenvalue weighted by Crippen LogP contribution is -2.11. The van der Waals surface area contributed by atoms with Crippen LogP contribution in [0.1, 0.15) is 9.67 Å². The Morgan fingerprint density at radius 2 is 2.00 bits per heavy atom. The third kappa shape index (κ3) is 2.91. The summed E-state index contributed by atoms with van der Waals surface area (Å²) in [6.07, 6.45) is 0. The highest BCUT2D eigenvalue weighted by molar-refractivity contribution is 9.10. The minimum Gasteiger partial charge on any atom is -0.493 e. The van der Waals surface area contributed by atoms with E-state index in [9.17, 15) is 4.79 Å². The van der Waals surface area contributed by atoms with Crippen LogP contribution in [0.25, 0.3) is 0 Å². The van der Waals surface area contributed by atoms with E-state index in [0.29, 0.717) is 16.4 Å². The maximum atomic E-state index is 11.9. The zero-order chi connectivity index (χ0) is 13.0. The summed E-state index contributed by atoms with van der Waals surface area (Å²) in [5.74, 6) is 1.14. The van der Waals surface area contributed by atoms with E-state index in [-0.39, 0.29) is 12.4 Å². The number of thiophene rings is 1. The predicted molar refractivity (Wildman–Crippen MR) is 74.8 cm³/mol. The van der Waals surface area contributed by atoms with Crippen molar-refractivity contribution in [2.75, 3.05) is 13.7 Å². The number of rotatable bonds is 5. The van der Waals surface area contributed by atoms with E-state index in [0.717, 1.165) is 4.47 Å². The zero-order valence-electron chi connectivity index (χ0n) is 9.68. The van der Waals surface area contributed by atoms with Crippen molar-refractivity contribution in [2.24, 2.45) is 0 Å². The van der Waals surface area contributed by atoms with Gasteiger partial charge in [0.25, 0.3) is 0 Å². The lowest BCUT2D eigenvalue weighted by atomic mass is 10.3. The molecule has 1 aromatic carbocycles. The maximum Gasteiger partial charge on any atom is 0.211 e. The Morgan fingerprint density at radius 1 is 1.28 bits per heavy atom. The second kappa shape index (κ2) is 6.02. The topological polar surface area (TPSA) is 35.5 Å². The number of benzene rings is 1.